The average Bonchev–Trinajstić information content (AvgIpc) is 0.778. The van der Waals surface area contributed by atoms with Crippen molar-refractivity contribution in [1.82, 2.24) is 0 Å². The Hall–Kier alpha value is 4.97. The molecule has 21 saturated heterocycles. The first-order valence-corrected chi connectivity index (χ1v) is 38.4. The van der Waals surface area contributed by atoms with E-state index in [9.17, 15) is 162 Å². The first kappa shape index (κ1) is 115. The van der Waals surface area contributed by atoms with E-state index in [-0.39, 0.29) is 207 Å². The van der Waals surface area contributed by atoms with Crippen molar-refractivity contribution >= 4 is 72.8 Å². The van der Waals surface area contributed by atoms with E-state index in [0.29, 0.717) is 0 Å². The van der Waals surface area contributed by atoms with Crippen molar-refractivity contribution in [2.24, 2.45) is 0 Å². The van der Waals surface area contributed by atoms with Crippen molar-refractivity contribution in [3.63, 3.8) is 0 Å². The van der Waals surface area contributed by atoms with Gasteiger partial charge in [0.25, 0.3) is 0 Å². The standard InChI is InChI=1S/C42H70O56S7.7Na/c43-15-22(50)36-85-8(1-78-99(57,58)59)29(15)92-37-23(51)16(44)31(10(86-37)3-80-101(63,64)65)94-39-25(53)18(46)33(12(88-39)5-82-103(69,70)71)96-41-27(55)20(48)35(14(90-41)7-84-105(75,76)77)98-42-28(56)21(49)34(13(91-42)6-83-104(72,73)74)97-40-26(54)19(47)32(11(89-40)4-81-102(66,67)68)95-38-24(52)17(45)30(93-36)9(87-38)2-79-100(60,61)62;;;;;;;/h8-56H,1-7H2,(H,57,58,59)(H,60,61,62)(H,63,64,65)(H,66,67,68)(H,69,70,71)(H,72,73,74)(H,75,76,77);;;;;;;/q;7*+1/p-7/t8-,9-,10-,11-,12-,13-,14-,15-,16-,17-,18-,19+,20+,21-,22-,23-,24+,25-,26-,27-,28-,29-,30-,31-,32-,33-,34-,35-,36-,37-,38-,39-,40-,41?,42-;;;;;;;/m0......./s1. The van der Waals surface area contributed by atoms with E-state index in [1.54, 1.807) is 0 Å². The molecule has 21 fully saturated rings. The SMILES string of the molecule is O=S(=O)([O-])OC[C@@H]1O[C@H]2O[C@@H]3[C@@H](O)[C@H](O)[C@H](O[C@@H]4[C@H](O)[C@H](O)C(O[C@@H]5[C@@H](O)[C@H](O)[C@H](O[C@@H]6[C@@H](O)[C@H](O)[C@H](O[C@@H]7[C@@H](O)[C@H](O)[C@H](O[C@@H]8[C@@H](O)[C@@H](O)[C@H](O[C@@H]1[C@H](O)[C@@H]2O)O[C@H]8COS(=O)(=O)[O-])O[C@H]7COS(=O)(=O)[O-])O[C@H]6COS(=O)(=O)[O-])O[C@H]5COS(=O)(=O)[O-])O[C@H]4COS(=O)(=O)[O-])O[C@H]3COS(=O)(=O)[O-].[Na+].[Na+].[Na+].[Na+].[Na+].[Na+].[Na+]. The molecule has 0 aromatic carbocycles. The summed E-state index contributed by atoms with van der Waals surface area (Å²) >= 11 is 0. The fourth-order valence-corrected chi connectivity index (χ4v) is 13.5. The van der Waals surface area contributed by atoms with Gasteiger partial charge < -0.3 is 170 Å². The number of rotatable bonds is 21. The summed E-state index contributed by atoms with van der Waals surface area (Å²) in [6.45, 7) is -12.2. The van der Waals surface area contributed by atoms with Gasteiger partial charge in [0.05, 0.1) is 46.2 Å². The van der Waals surface area contributed by atoms with Gasteiger partial charge in [0, 0.05) is 0 Å². The van der Waals surface area contributed by atoms with Gasteiger partial charge in [0.2, 0.25) is 72.8 Å². The third-order valence-corrected chi connectivity index (χ3v) is 19.1. The molecule has 0 saturated carbocycles. The van der Waals surface area contributed by atoms with Crippen LogP contribution in [0.1, 0.15) is 0 Å². The Morgan fingerprint density at radius 2 is 0.268 bits per heavy atom. The van der Waals surface area contributed by atoms with E-state index < -0.39 is 334 Å². The molecule has 0 amide bonds. The summed E-state index contributed by atoms with van der Waals surface area (Å²) in [5.74, 6) is 0. The van der Waals surface area contributed by atoms with E-state index in [1.807, 2.05) is 0 Å². The van der Waals surface area contributed by atoms with Gasteiger partial charge in [-0.05, 0) is 0 Å². The van der Waals surface area contributed by atoms with Crippen LogP contribution in [0, 0.1) is 0 Å². The number of aliphatic hydroxyl groups excluding tert-OH is 14. The van der Waals surface area contributed by atoms with Crippen molar-refractivity contribution in [2.75, 3.05) is 46.2 Å². The molecule has 0 spiro atoms. The largest absolute Gasteiger partial charge is 1.00 e. The number of aliphatic hydroxyl groups is 14. The molecule has 21 heterocycles. The summed E-state index contributed by atoms with van der Waals surface area (Å²) in [4.78, 5) is 0. The molecule has 21 rings (SSSR count). The van der Waals surface area contributed by atoms with E-state index >= 15 is 0 Å². The number of ether oxygens (including phenoxy) is 14. The van der Waals surface area contributed by atoms with Crippen LogP contribution in [0.5, 0.6) is 0 Å². The van der Waals surface area contributed by atoms with Gasteiger partial charge >= 0.3 is 207 Å². The second-order valence-electron chi connectivity index (χ2n) is 23.2. The first-order valence-electron chi connectivity index (χ1n) is 29.1. The molecule has 0 aromatic rings. The molecule has 35 atom stereocenters. The second-order valence-corrected chi connectivity index (χ2v) is 30.6. The Morgan fingerprint density at radius 3 is 0.348 bits per heavy atom. The van der Waals surface area contributed by atoms with Gasteiger partial charge in [0.15, 0.2) is 44.0 Å². The van der Waals surface area contributed by atoms with Crippen LogP contribution in [0.4, 0.5) is 0 Å². The normalized spacial score (nSPS) is 42.1. The van der Waals surface area contributed by atoms with Crippen LogP contribution in [0.25, 0.3) is 0 Å². The monoisotopic (exact) mass is 1850 g/mol. The molecule has 0 aromatic heterocycles. The molecule has 21 aliphatic heterocycles. The molecule has 21 aliphatic rings. The van der Waals surface area contributed by atoms with Crippen LogP contribution in [0.2, 0.25) is 0 Å². The topological polar surface area (TPSA) is 877 Å². The van der Waals surface area contributed by atoms with Crippen molar-refractivity contribution in [1.29, 1.82) is 0 Å². The van der Waals surface area contributed by atoms with Gasteiger partial charge in [-0.15, -0.1) is 0 Å². The molecule has 14 bridgehead atoms. The third kappa shape index (κ3) is 32.3. The fourth-order valence-electron chi connectivity index (χ4n) is 11.4. The first-order chi connectivity index (χ1) is 48.2. The Labute approximate surface area is 788 Å². The summed E-state index contributed by atoms with van der Waals surface area (Å²) in [6, 6.07) is 0. The van der Waals surface area contributed by atoms with E-state index in [0.717, 1.165) is 0 Å². The minimum absolute atomic E-state index is 0. The number of hydrogen-bond donors (Lipinski definition) is 14. The minimum atomic E-state index is -5.94. The summed E-state index contributed by atoms with van der Waals surface area (Å²) in [5, 5.41) is 162. The third-order valence-electron chi connectivity index (χ3n) is 16.2. The van der Waals surface area contributed by atoms with Crippen molar-refractivity contribution in [2.45, 2.75) is 215 Å². The molecule has 112 heavy (non-hydrogen) atoms. The molecule has 14 N–H and O–H groups in total. The van der Waals surface area contributed by atoms with Gasteiger partial charge in [-0.2, -0.15) is 0 Å². The van der Waals surface area contributed by atoms with Crippen molar-refractivity contribution in [3.8, 4) is 0 Å². The summed E-state index contributed by atoms with van der Waals surface area (Å²) in [6.07, 6.45) is -95.2. The molecule has 56 nitrogen and oxygen atoms in total. The van der Waals surface area contributed by atoms with E-state index in [1.165, 1.54) is 0 Å². The zero-order chi connectivity index (χ0) is 78.5. The van der Waals surface area contributed by atoms with Crippen LogP contribution >= 0.6 is 0 Å². The average molecular weight is 1850 g/mol. The van der Waals surface area contributed by atoms with Gasteiger partial charge in [0.1, 0.15) is 171 Å². The van der Waals surface area contributed by atoms with Gasteiger partial charge in [-0.25, -0.2) is 58.9 Å². The maximum atomic E-state index is 11.8. The van der Waals surface area contributed by atoms with Crippen LogP contribution in [-0.2, 0) is 168 Å². The smallest absolute Gasteiger partial charge is 0.726 e. The van der Waals surface area contributed by atoms with Gasteiger partial charge in [-0.3, -0.25) is 29.3 Å². The summed E-state index contributed by atoms with van der Waals surface area (Å²) in [7, 11) is -41.6. The summed E-state index contributed by atoms with van der Waals surface area (Å²) < 4.78 is 355. The van der Waals surface area contributed by atoms with Gasteiger partial charge in [-0.1, -0.05) is 0 Å². The molecule has 0 aliphatic carbocycles. The molecule has 616 valence electrons. The zero-order valence-corrected chi connectivity index (χ0v) is 78.1. The predicted octanol–water partition coefficient (Wildman–Crippen LogP) is -39.8. The molecule has 70 heteroatoms. The van der Waals surface area contributed by atoms with Crippen LogP contribution in [0.3, 0.4) is 0 Å². The Morgan fingerprint density at radius 1 is 0.179 bits per heavy atom. The Kier molecular flexibility index (Phi) is 48.6. The molecular formula is C42H63Na7O56S7. The van der Waals surface area contributed by atoms with Crippen molar-refractivity contribution in [3.05, 3.63) is 0 Å². The molecule has 0 radical (unpaired) electrons. The second kappa shape index (κ2) is 47.3. The van der Waals surface area contributed by atoms with Crippen LogP contribution in [0.15, 0.2) is 0 Å². The van der Waals surface area contributed by atoms with E-state index in [4.69, 9.17) is 66.3 Å². The molecular weight excluding hydrogens is 1790 g/mol. The predicted molar refractivity (Wildman–Crippen MR) is 288 cm³/mol. The maximum absolute atomic E-state index is 11.8. The fraction of sp³-hybridized carbons (Fsp3) is 1.00. The number of hydrogen-bond acceptors (Lipinski definition) is 56. The van der Waals surface area contributed by atoms with Crippen molar-refractivity contribution < 1.29 is 465 Å². The Bertz CT molecular complexity index is 3080. The zero-order valence-electron chi connectivity index (χ0n) is 58.4. The minimum Gasteiger partial charge on any atom is -0.726 e. The summed E-state index contributed by atoms with van der Waals surface area (Å²) in [5.41, 5.74) is 0. The molecule has 1 unspecified atom stereocenters. The van der Waals surface area contributed by atoms with Crippen LogP contribution in [-0.4, -0.2) is 423 Å². The maximum Gasteiger partial charge on any atom is 1.00 e. The van der Waals surface area contributed by atoms with Crippen LogP contribution < -0.4 is 207 Å². The quantitative estimate of drug-likeness (QED) is 0.0288. The Balaban J connectivity index is 0.00000896. The van der Waals surface area contributed by atoms with E-state index in [2.05, 4.69) is 29.3 Å².